The van der Waals surface area contributed by atoms with Crippen molar-refractivity contribution in [2.75, 3.05) is 26.6 Å². The molecule has 7 heteroatoms. The van der Waals surface area contributed by atoms with E-state index in [1.54, 1.807) is 12.1 Å². The number of para-hydroxylation sites is 1. The van der Waals surface area contributed by atoms with Crippen LogP contribution in [0.3, 0.4) is 0 Å². The van der Waals surface area contributed by atoms with Gasteiger partial charge < -0.3 is 19.5 Å². The molecule has 0 atom stereocenters. The van der Waals surface area contributed by atoms with Crippen molar-refractivity contribution >= 4 is 17.7 Å². The van der Waals surface area contributed by atoms with Gasteiger partial charge in [-0.1, -0.05) is 6.07 Å². The zero-order valence-corrected chi connectivity index (χ0v) is 13.9. The Labute approximate surface area is 143 Å². The second kappa shape index (κ2) is 8.14. The van der Waals surface area contributed by atoms with Crippen LogP contribution in [0.15, 0.2) is 36.4 Å². The summed E-state index contributed by atoms with van der Waals surface area (Å²) in [5, 5.41) is 2.17. The molecule has 1 N–H and O–H groups in total. The van der Waals surface area contributed by atoms with Crippen molar-refractivity contribution in [3.63, 3.8) is 0 Å². The number of nitrogens with one attached hydrogen (secondary N) is 1. The van der Waals surface area contributed by atoms with Gasteiger partial charge in [-0.2, -0.15) is 0 Å². The van der Waals surface area contributed by atoms with Gasteiger partial charge in [-0.3, -0.25) is 4.79 Å². The zero-order valence-electron chi connectivity index (χ0n) is 13.9. The molecule has 0 aliphatic heterocycles. The van der Waals surface area contributed by atoms with Crippen LogP contribution in [0, 0.1) is 11.6 Å². The van der Waals surface area contributed by atoms with Gasteiger partial charge in [-0.05, 0) is 35.9 Å². The summed E-state index contributed by atoms with van der Waals surface area (Å²) in [4.78, 5) is 11.9. The van der Waals surface area contributed by atoms with Crippen LogP contribution in [0.2, 0.25) is 0 Å². The molecule has 1 amide bonds. The van der Waals surface area contributed by atoms with Gasteiger partial charge in [0.05, 0.1) is 21.3 Å². The summed E-state index contributed by atoms with van der Waals surface area (Å²) in [6.45, 7) is 0. The van der Waals surface area contributed by atoms with E-state index in [4.69, 9.17) is 14.2 Å². The third kappa shape index (κ3) is 4.26. The van der Waals surface area contributed by atoms with Gasteiger partial charge in [0, 0.05) is 6.08 Å². The van der Waals surface area contributed by atoms with Crippen LogP contribution < -0.4 is 19.5 Å². The Morgan fingerprint density at radius 3 is 2.04 bits per heavy atom. The first kappa shape index (κ1) is 18.3. The van der Waals surface area contributed by atoms with E-state index < -0.39 is 23.2 Å². The first-order chi connectivity index (χ1) is 12.0. The number of hydrogen-bond acceptors (Lipinski definition) is 4. The summed E-state index contributed by atoms with van der Waals surface area (Å²) >= 11 is 0. The van der Waals surface area contributed by atoms with E-state index in [2.05, 4.69) is 5.32 Å². The fraction of sp³-hybridized carbons (Fsp3) is 0.167. The lowest BCUT2D eigenvalue weighted by Crippen LogP contribution is -2.10. The van der Waals surface area contributed by atoms with Crippen molar-refractivity contribution in [2.45, 2.75) is 0 Å². The molecule has 0 unspecified atom stereocenters. The average Bonchev–Trinajstić information content (AvgIpc) is 2.62. The van der Waals surface area contributed by atoms with Gasteiger partial charge in [-0.25, -0.2) is 8.78 Å². The van der Waals surface area contributed by atoms with Crippen molar-refractivity contribution in [1.29, 1.82) is 0 Å². The summed E-state index contributed by atoms with van der Waals surface area (Å²) in [5.41, 5.74) is 0.0840. The molecule has 0 aliphatic rings. The molecule has 2 aromatic carbocycles. The van der Waals surface area contributed by atoms with Crippen molar-refractivity contribution < 1.29 is 27.8 Å². The molecule has 0 saturated carbocycles. The summed E-state index contributed by atoms with van der Waals surface area (Å²) < 4.78 is 42.7. The second-order valence-corrected chi connectivity index (χ2v) is 4.88. The fourth-order valence-corrected chi connectivity index (χ4v) is 2.15. The molecule has 2 aromatic rings. The highest BCUT2D eigenvalue weighted by molar-refractivity contribution is 6.02. The van der Waals surface area contributed by atoms with Crippen LogP contribution in [0.5, 0.6) is 17.2 Å². The lowest BCUT2D eigenvalue weighted by atomic mass is 10.1. The van der Waals surface area contributed by atoms with Crippen LogP contribution in [0.1, 0.15) is 5.56 Å². The highest BCUT2D eigenvalue weighted by atomic mass is 19.1. The van der Waals surface area contributed by atoms with Gasteiger partial charge in [0.2, 0.25) is 11.7 Å². The van der Waals surface area contributed by atoms with Crippen LogP contribution >= 0.6 is 0 Å². The number of methoxy groups -OCH3 is 3. The molecule has 0 aromatic heterocycles. The summed E-state index contributed by atoms with van der Waals surface area (Å²) in [7, 11) is 4.42. The normalized spacial score (nSPS) is 10.6. The molecule has 0 heterocycles. The molecule has 132 valence electrons. The molecule has 0 bridgehead atoms. The van der Waals surface area contributed by atoms with Crippen molar-refractivity contribution in [2.24, 2.45) is 0 Å². The Morgan fingerprint density at radius 1 is 1.00 bits per heavy atom. The molecule has 0 radical (unpaired) electrons. The number of carbonyl (C=O) groups is 1. The van der Waals surface area contributed by atoms with Gasteiger partial charge in [-0.15, -0.1) is 0 Å². The van der Waals surface area contributed by atoms with Crippen molar-refractivity contribution in [1.82, 2.24) is 0 Å². The van der Waals surface area contributed by atoms with Gasteiger partial charge in [0.25, 0.3) is 0 Å². The minimum atomic E-state index is -0.852. The summed E-state index contributed by atoms with van der Waals surface area (Å²) in [5.74, 6) is -1.13. The fourth-order valence-electron chi connectivity index (χ4n) is 2.15. The number of halogens is 2. The standard InChI is InChI=1S/C18H17F2NO4/c1-23-14-9-11(10-15(24-2)18(14)25-3)7-8-16(22)21-17-12(19)5-4-6-13(17)20/h4-10H,1-3H3,(H,21,22). The smallest absolute Gasteiger partial charge is 0.248 e. The van der Waals surface area contributed by atoms with E-state index in [-0.39, 0.29) is 0 Å². The molecule has 0 spiro atoms. The second-order valence-electron chi connectivity index (χ2n) is 4.88. The van der Waals surface area contributed by atoms with Crippen LogP contribution in [0.4, 0.5) is 14.5 Å². The molecule has 5 nitrogen and oxygen atoms in total. The molecule has 0 fully saturated rings. The van der Waals surface area contributed by atoms with Crippen molar-refractivity contribution in [3.05, 3.63) is 53.6 Å². The topological polar surface area (TPSA) is 56.8 Å². The lowest BCUT2D eigenvalue weighted by Gasteiger charge is -2.12. The Kier molecular flexibility index (Phi) is 5.94. The number of hydrogen-bond donors (Lipinski definition) is 1. The minimum absolute atomic E-state index is 0.417. The monoisotopic (exact) mass is 349 g/mol. The maximum atomic E-state index is 13.5. The van der Waals surface area contributed by atoms with E-state index in [1.807, 2.05) is 0 Å². The molecule has 0 aliphatic carbocycles. The van der Waals surface area contributed by atoms with Gasteiger partial charge in [0.1, 0.15) is 17.3 Å². The number of anilines is 1. The third-order valence-electron chi connectivity index (χ3n) is 3.33. The number of carbonyl (C=O) groups excluding carboxylic acids is 1. The molecule has 25 heavy (non-hydrogen) atoms. The van der Waals surface area contributed by atoms with Crippen LogP contribution in [-0.2, 0) is 4.79 Å². The SMILES string of the molecule is COc1cc(C=CC(=O)Nc2c(F)cccc2F)cc(OC)c1OC. The van der Waals surface area contributed by atoms with Crippen molar-refractivity contribution in [3.8, 4) is 17.2 Å². The molecular weight excluding hydrogens is 332 g/mol. The summed E-state index contributed by atoms with van der Waals surface area (Å²) in [6, 6.07) is 6.60. The van der Waals surface area contributed by atoms with E-state index in [0.29, 0.717) is 22.8 Å². The summed E-state index contributed by atoms with van der Waals surface area (Å²) in [6.07, 6.45) is 2.60. The lowest BCUT2D eigenvalue weighted by molar-refractivity contribution is -0.111. The van der Waals surface area contributed by atoms with Gasteiger partial charge in [0.15, 0.2) is 11.5 Å². The Hall–Kier alpha value is -3.09. The Morgan fingerprint density at radius 2 is 1.56 bits per heavy atom. The van der Waals surface area contributed by atoms with Gasteiger partial charge >= 0.3 is 0 Å². The quantitative estimate of drug-likeness (QED) is 0.809. The highest BCUT2D eigenvalue weighted by Gasteiger charge is 2.13. The average molecular weight is 349 g/mol. The van der Waals surface area contributed by atoms with E-state index >= 15 is 0 Å². The Balaban J connectivity index is 2.22. The van der Waals surface area contributed by atoms with E-state index in [9.17, 15) is 13.6 Å². The first-order valence-corrected chi connectivity index (χ1v) is 7.23. The number of ether oxygens (including phenoxy) is 3. The minimum Gasteiger partial charge on any atom is -0.493 e. The maximum absolute atomic E-state index is 13.5. The van der Waals surface area contributed by atoms with Crippen LogP contribution in [-0.4, -0.2) is 27.2 Å². The van der Waals surface area contributed by atoms with E-state index in [1.165, 1.54) is 33.5 Å². The number of rotatable bonds is 6. The predicted molar refractivity (Wildman–Crippen MR) is 90.1 cm³/mol. The number of benzene rings is 2. The first-order valence-electron chi connectivity index (χ1n) is 7.23. The molecule has 0 saturated heterocycles. The third-order valence-corrected chi connectivity index (χ3v) is 3.33. The zero-order chi connectivity index (χ0) is 18.4. The Bertz CT molecular complexity index is 760. The molecule has 2 rings (SSSR count). The van der Waals surface area contributed by atoms with E-state index in [0.717, 1.165) is 18.2 Å². The predicted octanol–water partition coefficient (Wildman–Crippen LogP) is 3.64. The largest absolute Gasteiger partial charge is 0.493 e. The van der Waals surface area contributed by atoms with Crippen LogP contribution in [0.25, 0.3) is 6.08 Å². The maximum Gasteiger partial charge on any atom is 0.248 e. The number of amides is 1. The highest BCUT2D eigenvalue weighted by Crippen LogP contribution is 2.38. The molecular formula is C18H17F2NO4.